The van der Waals surface area contributed by atoms with Crippen LogP contribution in [-0.4, -0.2) is 57.3 Å². The monoisotopic (exact) mass is 523 g/mol. The number of benzene rings is 2. The molecular formula is C28H35N4O6+. The fraction of sp³-hybridized carbons (Fsp3) is 0.429. The Morgan fingerprint density at radius 3 is 2.34 bits per heavy atom. The number of aromatic nitrogens is 2. The lowest BCUT2D eigenvalue weighted by atomic mass is 10.1. The van der Waals surface area contributed by atoms with Crippen molar-refractivity contribution in [2.24, 2.45) is 0 Å². The van der Waals surface area contributed by atoms with Crippen LogP contribution in [0.5, 0.6) is 5.75 Å². The van der Waals surface area contributed by atoms with Crippen LogP contribution >= 0.6 is 0 Å². The number of hydrogen-bond donors (Lipinski definition) is 2. The van der Waals surface area contributed by atoms with Crippen LogP contribution in [0.15, 0.2) is 42.5 Å². The first kappa shape index (κ1) is 27.1. The lowest BCUT2D eigenvalue weighted by molar-refractivity contribution is -0.677. The van der Waals surface area contributed by atoms with Gasteiger partial charge >= 0.3 is 6.09 Å². The van der Waals surface area contributed by atoms with Crippen molar-refractivity contribution < 1.29 is 33.5 Å². The first-order valence-corrected chi connectivity index (χ1v) is 12.8. The van der Waals surface area contributed by atoms with Gasteiger partial charge < -0.3 is 19.9 Å². The molecule has 1 aromatic heterocycles. The first-order chi connectivity index (χ1) is 18.0. The highest BCUT2D eigenvalue weighted by Crippen LogP contribution is 2.27. The molecule has 3 amide bonds. The summed E-state index contributed by atoms with van der Waals surface area (Å²) >= 11 is 0. The van der Waals surface area contributed by atoms with Gasteiger partial charge in [-0.3, -0.25) is 14.5 Å². The number of fused-ring (bicyclic) bond motifs is 2. The summed E-state index contributed by atoms with van der Waals surface area (Å²) < 4.78 is 15.1. The van der Waals surface area contributed by atoms with Crippen molar-refractivity contribution in [1.29, 1.82) is 0 Å². The van der Waals surface area contributed by atoms with Gasteiger partial charge in [0.2, 0.25) is 0 Å². The molecule has 1 unspecified atom stereocenters. The number of aryl methyl sites for hydroxylation is 1. The van der Waals surface area contributed by atoms with Crippen LogP contribution in [0, 0.1) is 0 Å². The number of amides is 3. The van der Waals surface area contributed by atoms with E-state index in [1.54, 1.807) is 52.0 Å². The summed E-state index contributed by atoms with van der Waals surface area (Å²) in [6.07, 6.45) is -1.18. The van der Waals surface area contributed by atoms with Crippen molar-refractivity contribution in [3.63, 3.8) is 0 Å². The maximum absolute atomic E-state index is 13.1. The lowest BCUT2D eigenvalue weighted by Gasteiger charge is -2.19. The third-order valence-corrected chi connectivity index (χ3v) is 6.13. The van der Waals surface area contributed by atoms with Gasteiger partial charge in [-0.1, -0.05) is 12.1 Å². The van der Waals surface area contributed by atoms with Gasteiger partial charge in [-0.25, -0.2) is 13.9 Å². The molecule has 2 heterocycles. The fourth-order valence-corrected chi connectivity index (χ4v) is 4.61. The largest absolute Gasteiger partial charge is 0.492 e. The number of aliphatic hydroxyl groups is 1. The minimum absolute atomic E-state index is 0.0670. The summed E-state index contributed by atoms with van der Waals surface area (Å²) in [6, 6.07) is 12.4. The standard InChI is InChI=1S/C28H34N4O6/c1-6-30-22-12-11-19(37-14-13-29-27(36)38-28(3,4)5)15-23(22)31(16-18(2)33)24(30)17-32-25(34)20-9-7-8-10-21(20)26(32)35/h7-12,15,18,33H,6,13-14,16-17H2,1-5H3/p+1. The Balaban J connectivity index is 1.59. The quantitative estimate of drug-likeness (QED) is 0.253. The molecule has 0 spiro atoms. The molecule has 2 aromatic carbocycles. The zero-order valence-corrected chi connectivity index (χ0v) is 22.5. The molecule has 1 aliphatic heterocycles. The molecule has 0 bridgehead atoms. The Labute approximate surface area is 221 Å². The van der Waals surface area contributed by atoms with E-state index in [2.05, 4.69) is 5.32 Å². The Hall–Kier alpha value is -3.92. The summed E-state index contributed by atoms with van der Waals surface area (Å²) in [5.41, 5.74) is 1.91. The summed E-state index contributed by atoms with van der Waals surface area (Å²) in [5.74, 6) is 0.650. The second-order valence-electron chi connectivity index (χ2n) is 10.3. The highest BCUT2D eigenvalue weighted by atomic mass is 16.6. The SMILES string of the molecule is CC[n+]1c(CN2C(=O)c3ccccc3C2=O)n(CC(C)O)c2cc(OCCNC(=O)OC(C)(C)C)ccc21. The van der Waals surface area contributed by atoms with E-state index in [9.17, 15) is 19.5 Å². The molecule has 3 aromatic rings. The van der Waals surface area contributed by atoms with Crippen LogP contribution in [0.1, 0.15) is 61.2 Å². The van der Waals surface area contributed by atoms with Crippen molar-refractivity contribution in [3.8, 4) is 5.75 Å². The van der Waals surface area contributed by atoms with Gasteiger partial charge in [0, 0.05) is 6.07 Å². The highest BCUT2D eigenvalue weighted by molar-refractivity contribution is 6.21. The molecule has 0 saturated heterocycles. The van der Waals surface area contributed by atoms with Gasteiger partial charge in [0.25, 0.3) is 17.6 Å². The topological polar surface area (TPSA) is 114 Å². The molecule has 202 valence electrons. The average Bonchev–Trinajstić information content (AvgIpc) is 3.26. The van der Waals surface area contributed by atoms with Crippen LogP contribution < -0.4 is 14.6 Å². The summed E-state index contributed by atoms with van der Waals surface area (Å²) in [6.45, 7) is 10.5. The van der Waals surface area contributed by atoms with E-state index < -0.39 is 17.8 Å². The van der Waals surface area contributed by atoms with Gasteiger partial charge in [-0.2, -0.15) is 0 Å². The van der Waals surface area contributed by atoms with Crippen molar-refractivity contribution >= 4 is 28.9 Å². The van der Waals surface area contributed by atoms with Crippen LogP contribution in [-0.2, 0) is 24.4 Å². The number of rotatable bonds is 9. The van der Waals surface area contributed by atoms with E-state index >= 15 is 0 Å². The van der Waals surface area contributed by atoms with Crippen molar-refractivity contribution in [2.75, 3.05) is 13.2 Å². The van der Waals surface area contributed by atoms with Gasteiger partial charge in [0.15, 0.2) is 11.0 Å². The van der Waals surface area contributed by atoms with Crippen LogP contribution in [0.4, 0.5) is 4.79 Å². The maximum atomic E-state index is 13.1. The molecule has 1 atom stereocenters. The molecule has 10 heteroatoms. The van der Waals surface area contributed by atoms with Crippen molar-refractivity contribution in [1.82, 2.24) is 14.8 Å². The Morgan fingerprint density at radius 2 is 1.76 bits per heavy atom. The van der Waals surface area contributed by atoms with Gasteiger partial charge in [0.05, 0.1) is 30.3 Å². The van der Waals surface area contributed by atoms with Gasteiger partial charge in [-0.15, -0.1) is 0 Å². The number of nitrogens with one attached hydrogen (secondary N) is 1. The molecule has 2 N–H and O–H groups in total. The van der Waals surface area contributed by atoms with E-state index in [4.69, 9.17) is 9.47 Å². The molecule has 0 fully saturated rings. The van der Waals surface area contributed by atoms with E-state index in [-0.39, 0.29) is 38.1 Å². The molecule has 10 nitrogen and oxygen atoms in total. The zero-order valence-electron chi connectivity index (χ0n) is 22.5. The number of imide groups is 1. The Morgan fingerprint density at radius 1 is 1.11 bits per heavy atom. The first-order valence-electron chi connectivity index (χ1n) is 12.8. The highest BCUT2D eigenvalue weighted by Gasteiger charge is 2.38. The second kappa shape index (κ2) is 10.8. The van der Waals surface area contributed by atoms with Crippen LogP contribution in [0.2, 0.25) is 0 Å². The van der Waals surface area contributed by atoms with E-state index in [1.165, 1.54) is 4.90 Å². The number of hydrogen-bond acceptors (Lipinski definition) is 6. The van der Waals surface area contributed by atoms with E-state index in [0.717, 1.165) is 16.9 Å². The summed E-state index contributed by atoms with van der Waals surface area (Å²) in [5, 5.41) is 13.0. The molecular weight excluding hydrogens is 488 g/mol. The lowest BCUT2D eigenvalue weighted by Crippen LogP contribution is -2.42. The zero-order chi connectivity index (χ0) is 27.6. The number of carbonyl (C=O) groups is 3. The van der Waals surface area contributed by atoms with Gasteiger partial charge in [0.1, 0.15) is 31.0 Å². The number of aliphatic hydroxyl groups excluding tert-OH is 1. The van der Waals surface area contributed by atoms with Crippen LogP contribution in [0.3, 0.4) is 0 Å². The fourth-order valence-electron chi connectivity index (χ4n) is 4.61. The maximum Gasteiger partial charge on any atom is 0.407 e. The normalized spacial score (nSPS) is 14.1. The minimum Gasteiger partial charge on any atom is -0.492 e. The van der Waals surface area contributed by atoms with E-state index in [0.29, 0.717) is 23.4 Å². The Bertz CT molecular complexity index is 1340. The van der Waals surface area contributed by atoms with E-state index in [1.807, 2.05) is 34.3 Å². The smallest absolute Gasteiger partial charge is 0.407 e. The van der Waals surface area contributed by atoms with Crippen molar-refractivity contribution in [3.05, 3.63) is 59.4 Å². The minimum atomic E-state index is -0.667. The number of nitrogens with zero attached hydrogens (tertiary/aromatic N) is 3. The predicted octanol–water partition coefficient (Wildman–Crippen LogP) is 3.03. The number of alkyl carbamates (subject to hydrolysis) is 1. The van der Waals surface area contributed by atoms with Crippen LogP contribution in [0.25, 0.3) is 11.0 Å². The molecule has 38 heavy (non-hydrogen) atoms. The third-order valence-electron chi connectivity index (χ3n) is 6.13. The third kappa shape index (κ3) is 5.65. The van der Waals surface area contributed by atoms with Crippen molar-refractivity contribution in [2.45, 2.75) is 66.0 Å². The molecule has 4 rings (SSSR count). The molecule has 0 aliphatic carbocycles. The van der Waals surface area contributed by atoms with Gasteiger partial charge in [-0.05, 0) is 58.9 Å². The second-order valence-corrected chi connectivity index (χ2v) is 10.3. The molecule has 1 aliphatic rings. The predicted molar refractivity (Wildman–Crippen MR) is 140 cm³/mol. The Kier molecular flexibility index (Phi) is 7.73. The molecule has 0 radical (unpaired) electrons. The number of imidazole rings is 1. The molecule has 0 saturated carbocycles. The number of ether oxygens (including phenoxy) is 2. The summed E-state index contributed by atoms with van der Waals surface area (Å²) in [7, 11) is 0. The number of carbonyl (C=O) groups excluding carboxylic acids is 3. The summed E-state index contributed by atoms with van der Waals surface area (Å²) in [4.78, 5) is 39.2. The average molecular weight is 524 g/mol.